The van der Waals surface area contributed by atoms with Crippen molar-refractivity contribution in [3.05, 3.63) is 57.0 Å². The van der Waals surface area contributed by atoms with Gasteiger partial charge in [-0.05, 0) is 44.9 Å². The van der Waals surface area contributed by atoms with Crippen LogP contribution in [0.15, 0.2) is 35.4 Å². The van der Waals surface area contributed by atoms with Gasteiger partial charge in [0.2, 0.25) is 5.91 Å². The Kier molecular flexibility index (Phi) is 5.60. The average Bonchev–Trinajstić information content (AvgIpc) is 3.01. The number of anilines is 1. The minimum Gasteiger partial charge on any atom is -0.462 e. The lowest BCUT2D eigenvalue weighted by Gasteiger charge is -2.16. The summed E-state index contributed by atoms with van der Waals surface area (Å²) in [4.78, 5) is 42.9. The molecule has 146 valence electrons. The van der Waals surface area contributed by atoms with E-state index in [-0.39, 0.29) is 18.1 Å². The van der Waals surface area contributed by atoms with Gasteiger partial charge in [0.1, 0.15) is 15.7 Å². The number of para-hydroxylation sites is 1. The first kappa shape index (κ1) is 19.8. The zero-order chi connectivity index (χ0) is 20.4. The predicted octanol–water partition coefficient (Wildman–Crippen LogP) is 3.45. The van der Waals surface area contributed by atoms with Crippen LogP contribution in [0.2, 0.25) is 0 Å². The molecule has 0 bridgehead atoms. The number of hydrogen-bond acceptors (Lipinski definition) is 6. The fourth-order valence-electron chi connectivity index (χ4n) is 2.88. The lowest BCUT2D eigenvalue weighted by molar-refractivity contribution is -0.118. The molecule has 2 heterocycles. The van der Waals surface area contributed by atoms with Crippen LogP contribution >= 0.6 is 11.3 Å². The summed E-state index contributed by atoms with van der Waals surface area (Å²) in [5, 5.41) is 3.18. The molecule has 8 heteroatoms. The number of esters is 1. The fourth-order valence-corrected chi connectivity index (χ4v) is 3.91. The molecule has 0 aliphatic heterocycles. The molecule has 3 rings (SSSR count). The molecule has 7 nitrogen and oxygen atoms in total. The Hall–Kier alpha value is -3.00. The highest BCUT2D eigenvalue weighted by Gasteiger charge is 2.23. The molecule has 1 amide bonds. The standard InChI is InChI=1S/C20H21N3O4S/c1-5-27-20(26)16-12(3)15-18(28-16)21-10-23(19(15)25)13(4)17(24)22-14-9-7-6-8-11(14)2/h6-10,13H,5H2,1-4H3,(H,22,24). The Morgan fingerprint density at radius 3 is 2.68 bits per heavy atom. The number of nitrogens with zero attached hydrogens (tertiary/aromatic N) is 2. The number of aryl methyl sites for hydroxylation is 2. The Balaban J connectivity index is 1.97. The van der Waals surface area contributed by atoms with E-state index in [9.17, 15) is 14.4 Å². The monoisotopic (exact) mass is 399 g/mol. The van der Waals surface area contributed by atoms with E-state index in [1.165, 1.54) is 10.9 Å². The van der Waals surface area contributed by atoms with Gasteiger partial charge in [0.05, 0.1) is 18.3 Å². The molecule has 1 N–H and O–H groups in total. The maximum absolute atomic E-state index is 13.0. The minimum atomic E-state index is -0.769. The predicted molar refractivity (Wildman–Crippen MR) is 109 cm³/mol. The molecule has 0 spiro atoms. The van der Waals surface area contributed by atoms with Crippen molar-refractivity contribution in [1.82, 2.24) is 9.55 Å². The Bertz CT molecular complexity index is 1120. The van der Waals surface area contributed by atoms with Gasteiger partial charge in [0.25, 0.3) is 5.56 Å². The first-order valence-corrected chi connectivity index (χ1v) is 9.70. The Labute approximate surface area is 166 Å². The van der Waals surface area contributed by atoms with Crippen LogP contribution in [0.1, 0.15) is 40.7 Å². The maximum atomic E-state index is 13.0. The van der Waals surface area contributed by atoms with Gasteiger partial charge >= 0.3 is 5.97 Å². The highest BCUT2D eigenvalue weighted by atomic mass is 32.1. The number of carbonyl (C=O) groups is 2. The topological polar surface area (TPSA) is 90.3 Å². The molecule has 0 aliphatic carbocycles. The minimum absolute atomic E-state index is 0.250. The zero-order valence-electron chi connectivity index (χ0n) is 16.1. The highest BCUT2D eigenvalue weighted by Crippen LogP contribution is 2.28. The molecule has 0 aliphatic rings. The summed E-state index contributed by atoms with van der Waals surface area (Å²) < 4.78 is 6.32. The second kappa shape index (κ2) is 7.93. The molecular weight excluding hydrogens is 378 g/mol. The molecule has 0 saturated heterocycles. The lowest BCUT2D eigenvalue weighted by Crippen LogP contribution is -2.32. The molecule has 2 aromatic heterocycles. The number of benzene rings is 1. The third-order valence-electron chi connectivity index (χ3n) is 4.54. The summed E-state index contributed by atoms with van der Waals surface area (Å²) in [6, 6.07) is 6.65. The van der Waals surface area contributed by atoms with Crippen LogP contribution in [0, 0.1) is 13.8 Å². The maximum Gasteiger partial charge on any atom is 0.348 e. The van der Waals surface area contributed by atoms with E-state index in [2.05, 4.69) is 10.3 Å². The number of carbonyl (C=O) groups excluding carboxylic acids is 2. The number of hydrogen-bond donors (Lipinski definition) is 1. The summed E-state index contributed by atoms with van der Waals surface area (Å²) in [7, 11) is 0. The van der Waals surface area contributed by atoms with Gasteiger partial charge in [-0.25, -0.2) is 9.78 Å². The molecule has 0 radical (unpaired) electrons. The van der Waals surface area contributed by atoms with Crippen molar-refractivity contribution in [2.24, 2.45) is 0 Å². The number of aromatic nitrogens is 2. The van der Waals surface area contributed by atoms with Crippen molar-refractivity contribution in [3.63, 3.8) is 0 Å². The smallest absolute Gasteiger partial charge is 0.348 e. The highest BCUT2D eigenvalue weighted by molar-refractivity contribution is 7.20. The first-order valence-electron chi connectivity index (χ1n) is 8.89. The number of rotatable bonds is 5. The van der Waals surface area contributed by atoms with Gasteiger partial charge in [-0.2, -0.15) is 0 Å². The van der Waals surface area contributed by atoms with E-state index >= 15 is 0 Å². The zero-order valence-corrected chi connectivity index (χ0v) is 16.9. The average molecular weight is 399 g/mol. The normalized spacial score (nSPS) is 12.0. The van der Waals surface area contributed by atoms with E-state index in [1.54, 1.807) is 26.8 Å². The fraction of sp³-hybridized carbons (Fsp3) is 0.300. The van der Waals surface area contributed by atoms with Crippen LogP contribution in [-0.2, 0) is 9.53 Å². The van der Waals surface area contributed by atoms with Crippen molar-refractivity contribution >= 4 is 39.1 Å². The second-order valence-electron chi connectivity index (χ2n) is 6.39. The third kappa shape index (κ3) is 3.55. The lowest BCUT2D eigenvalue weighted by atomic mass is 10.2. The summed E-state index contributed by atoms with van der Waals surface area (Å²) in [5.74, 6) is -0.796. The van der Waals surface area contributed by atoms with Gasteiger partial charge in [-0.1, -0.05) is 18.2 Å². The van der Waals surface area contributed by atoms with Crippen LogP contribution < -0.4 is 10.9 Å². The van der Waals surface area contributed by atoms with Crippen molar-refractivity contribution in [2.75, 3.05) is 11.9 Å². The van der Waals surface area contributed by atoms with Gasteiger partial charge in [-0.3, -0.25) is 14.2 Å². The summed E-state index contributed by atoms with van der Waals surface area (Å²) in [6.45, 7) is 7.19. The van der Waals surface area contributed by atoms with Gasteiger partial charge < -0.3 is 10.1 Å². The number of nitrogens with one attached hydrogen (secondary N) is 1. The Morgan fingerprint density at radius 2 is 2.00 bits per heavy atom. The first-order chi connectivity index (χ1) is 13.3. The van der Waals surface area contributed by atoms with Crippen molar-refractivity contribution in [2.45, 2.75) is 33.7 Å². The molecular formula is C20H21N3O4S. The Morgan fingerprint density at radius 1 is 1.29 bits per heavy atom. The van der Waals surface area contributed by atoms with Gasteiger partial charge in [-0.15, -0.1) is 11.3 Å². The van der Waals surface area contributed by atoms with E-state index in [1.807, 2.05) is 25.1 Å². The molecule has 3 aromatic rings. The van der Waals surface area contributed by atoms with Crippen molar-refractivity contribution in [3.8, 4) is 0 Å². The quantitative estimate of drug-likeness (QED) is 0.664. The van der Waals surface area contributed by atoms with Gasteiger partial charge in [0.15, 0.2) is 0 Å². The van der Waals surface area contributed by atoms with Crippen LogP contribution in [0.25, 0.3) is 10.2 Å². The van der Waals surface area contributed by atoms with Crippen molar-refractivity contribution in [1.29, 1.82) is 0 Å². The van der Waals surface area contributed by atoms with Crippen LogP contribution in [0.4, 0.5) is 5.69 Å². The summed E-state index contributed by atoms with van der Waals surface area (Å²) >= 11 is 1.12. The van der Waals surface area contributed by atoms with Crippen LogP contribution in [-0.4, -0.2) is 28.0 Å². The molecule has 28 heavy (non-hydrogen) atoms. The number of amides is 1. The molecule has 1 unspecified atom stereocenters. The molecule has 0 fully saturated rings. The van der Waals surface area contributed by atoms with Crippen LogP contribution in [0.3, 0.4) is 0 Å². The third-order valence-corrected chi connectivity index (χ3v) is 5.72. The molecule has 1 atom stereocenters. The summed E-state index contributed by atoms with van der Waals surface area (Å²) in [6.07, 6.45) is 1.34. The van der Waals surface area contributed by atoms with E-state index < -0.39 is 12.0 Å². The van der Waals surface area contributed by atoms with Crippen LogP contribution in [0.5, 0.6) is 0 Å². The number of ether oxygens (including phenoxy) is 1. The van der Waals surface area contributed by atoms with Crippen molar-refractivity contribution < 1.29 is 14.3 Å². The van der Waals surface area contributed by atoms with E-state index in [4.69, 9.17) is 4.74 Å². The summed E-state index contributed by atoms with van der Waals surface area (Å²) in [5.41, 5.74) is 1.79. The molecule has 1 aromatic carbocycles. The van der Waals surface area contributed by atoms with E-state index in [0.29, 0.717) is 26.3 Å². The molecule has 0 saturated carbocycles. The largest absolute Gasteiger partial charge is 0.462 e. The van der Waals surface area contributed by atoms with Gasteiger partial charge in [0, 0.05) is 5.69 Å². The number of thiophene rings is 1. The second-order valence-corrected chi connectivity index (χ2v) is 7.39. The number of fused-ring (bicyclic) bond motifs is 1. The SMILES string of the molecule is CCOC(=O)c1sc2ncn(C(C)C(=O)Nc3ccccc3C)c(=O)c2c1C. The van der Waals surface area contributed by atoms with E-state index in [0.717, 1.165) is 16.9 Å².